The van der Waals surface area contributed by atoms with Crippen LogP contribution in [-0.4, -0.2) is 35.0 Å². The van der Waals surface area contributed by atoms with Crippen molar-refractivity contribution in [2.45, 2.75) is 58.7 Å². The molecule has 1 unspecified atom stereocenters. The van der Waals surface area contributed by atoms with Crippen LogP contribution >= 0.6 is 11.3 Å². The molecule has 5 nitrogen and oxygen atoms in total. The van der Waals surface area contributed by atoms with E-state index in [1.165, 1.54) is 0 Å². The number of piperidine rings is 1. The molecule has 2 aromatic heterocycles. The minimum Gasteiger partial charge on any atom is -0.451 e. The van der Waals surface area contributed by atoms with E-state index in [4.69, 9.17) is 14.1 Å². The number of thiazole rings is 1. The largest absolute Gasteiger partial charge is 0.451 e. The van der Waals surface area contributed by atoms with E-state index in [2.05, 4.69) is 12.3 Å². The Morgan fingerprint density at radius 3 is 2.97 bits per heavy atom. The van der Waals surface area contributed by atoms with Crippen LogP contribution in [0.25, 0.3) is 11.0 Å². The van der Waals surface area contributed by atoms with Crippen LogP contribution in [-0.2, 0) is 17.8 Å². The second kappa shape index (κ2) is 8.67. The van der Waals surface area contributed by atoms with Crippen molar-refractivity contribution < 1.29 is 13.9 Å². The lowest BCUT2D eigenvalue weighted by Gasteiger charge is -2.31. The number of carbonyl (C=O) groups excluding carboxylic acids is 1. The van der Waals surface area contributed by atoms with Gasteiger partial charge in [-0.15, -0.1) is 11.3 Å². The molecule has 4 rings (SSSR count). The molecule has 1 aromatic carbocycles. The SMILES string of the molecule is CCc1csc(C2CCCN(C(=O)c3oc4ccccc4c3COC(C)C)C2)n1. The molecule has 3 aromatic rings. The van der Waals surface area contributed by atoms with Crippen molar-refractivity contribution in [1.82, 2.24) is 9.88 Å². The molecule has 1 aliphatic rings. The molecule has 3 heterocycles. The van der Waals surface area contributed by atoms with Gasteiger partial charge in [-0.3, -0.25) is 4.79 Å². The number of hydrogen-bond donors (Lipinski definition) is 0. The number of para-hydroxylation sites is 1. The highest BCUT2D eigenvalue weighted by atomic mass is 32.1. The number of benzene rings is 1. The van der Waals surface area contributed by atoms with Gasteiger partial charge in [0.05, 0.1) is 23.4 Å². The van der Waals surface area contributed by atoms with Gasteiger partial charge < -0.3 is 14.1 Å². The first-order chi connectivity index (χ1) is 14.1. The summed E-state index contributed by atoms with van der Waals surface area (Å²) >= 11 is 1.72. The van der Waals surface area contributed by atoms with E-state index in [9.17, 15) is 4.79 Å². The van der Waals surface area contributed by atoms with Gasteiger partial charge in [0, 0.05) is 35.3 Å². The number of carbonyl (C=O) groups is 1. The molecule has 0 spiro atoms. The van der Waals surface area contributed by atoms with Crippen molar-refractivity contribution in [3.8, 4) is 0 Å². The molecule has 29 heavy (non-hydrogen) atoms. The average molecular weight is 413 g/mol. The number of nitrogens with zero attached hydrogens (tertiary/aromatic N) is 2. The molecular formula is C23H28N2O3S. The van der Waals surface area contributed by atoms with Crippen LogP contribution in [0, 0.1) is 0 Å². The van der Waals surface area contributed by atoms with Gasteiger partial charge in [-0.2, -0.15) is 0 Å². The summed E-state index contributed by atoms with van der Waals surface area (Å²) in [6, 6.07) is 7.80. The van der Waals surface area contributed by atoms with Gasteiger partial charge in [-0.25, -0.2) is 4.98 Å². The first-order valence-electron chi connectivity index (χ1n) is 10.4. The van der Waals surface area contributed by atoms with Crippen molar-refractivity contribution >= 4 is 28.2 Å². The number of aromatic nitrogens is 1. The second-order valence-electron chi connectivity index (χ2n) is 7.89. The Kier molecular flexibility index (Phi) is 6.01. The third kappa shape index (κ3) is 4.23. The maximum atomic E-state index is 13.4. The molecule has 0 aliphatic carbocycles. The monoisotopic (exact) mass is 412 g/mol. The van der Waals surface area contributed by atoms with Gasteiger partial charge >= 0.3 is 0 Å². The highest BCUT2D eigenvalue weighted by molar-refractivity contribution is 7.09. The van der Waals surface area contributed by atoms with Crippen molar-refractivity contribution in [1.29, 1.82) is 0 Å². The molecule has 0 radical (unpaired) electrons. The zero-order chi connectivity index (χ0) is 20.4. The summed E-state index contributed by atoms with van der Waals surface area (Å²) in [6.45, 7) is 7.94. The molecule has 1 amide bonds. The Bertz CT molecular complexity index is 991. The Morgan fingerprint density at radius 2 is 2.21 bits per heavy atom. The first kappa shape index (κ1) is 20.1. The molecular weight excluding hydrogens is 384 g/mol. The van der Waals surface area contributed by atoms with E-state index in [0.717, 1.165) is 53.0 Å². The van der Waals surface area contributed by atoms with Gasteiger partial charge in [0.2, 0.25) is 0 Å². The fourth-order valence-corrected chi connectivity index (χ4v) is 4.88. The van der Waals surface area contributed by atoms with Crippen LogP contribution < -0.4 is 0 Å². The van der Waals surface area contributed by atoms with Crippen LogP contribution in [0.5, 0.6) is 0 Å². The van der Waals surface area contributed by atoms with E-state index in [-0.39, 0.29) is 12.0 Å². The summed E-state index contributed by atoms with van der Waals surface area (Å²) < 4.78 is 11.9. The summed E-state index contributed by atoms with van der Waals surface area (Å²) in [5.41, 5.74) is 2.72. The normalized spacial score (nSPS) is 17.4. The molecule has 1 saturated heterocycles. The number of fused-ring (bicyclic) bond motifs is 1. The van der Waals surface area contributed by atoms with Crippen molar-refractivity contribution in [3.63, 3.8) is 0 Å². The lowest BCUT2D eigenvalue weighted by atomic mass is 9.98. The Hall–Kier alpha value is -2.18. The van der Waals surface area contributed by atoms with Gasteiger partial charge in [-0.1, -0.05) is 25.1 Å². The standard InChI is InChI=1S/C23H28N2O3S/c1-4-17-14-29-22(24-17)16-8-7-11-25(12-16)23(26)21-19(13-27-15(2)3)18-9-5-6-10-20(18)28-21/h5-6,9-10,14-16H,4,7-8,11-13H2,1-3H3. The maximum Gasteiger partial charge on any atom is 0.290 e. The molecule has 0 bridgehead atoms. The van der Waals surface area contributed by atoms with Crippen LogP contribution in [0.4, 0.5) is 0 Å². The molecule has 0 saturated carbocycles. The van der Waals surface area contributed by atoms with Crippen LogP contribution in [0.1, 0.15) is 66.4 Å². The van der Waals surface area contributed by atoms with Crippen LogP contribution in [0.3, 0.4) is 0 Å². The fraction of sp³-hybridized carbons (Fsp3) is 0.478. The highest BCUT2D eigenvalue weighted by Gasteiger charge is 2.31. The zero-order valence-corrected chi connectivity index (χ0v) is 18.1. The average Bonchev–Trinajstić information content (AvgIpc) is 3.36. The van der Waals surface area contributed by atoms with E-state index >= 15 is 0 Å². The quantitative estimate of drug-likeness (QED) is 0.544. The van der Waals surface area contributed by atoms with Gasteiger partial charge in [0.1, 0.15) is 5.58 Å². The smallest absolute Gasteiger partial charge is 0.290 e. The lowest BCUT2D eigenvalue weighted by Crippen LogP contribution is -2.39. The van der Waals surface area contributed by atoms with E-state index in [1.807, 2.05) is 43.0 Å². The Labute approximate surface area is 175 Å². The maximum absolute atomic E-state index is 13.4. The van der Waals surface area contributed by atoms with Crippen LogP contribution in [0.2, 0.25) is 0 Å². The summed E-state index contributed by atoms with van der Waals surface area (Å²) in [5.74, 6) is 0.680. The first-order valence-corrected chi connectivity index (χ1v) is 11.3. The van der Waals surface area contributed by atoms with Crippen LogP contribution in [0.15, 0.2) is 34.1 Å². The lowest BCUT2D eigenvalue weighted by molar-refractivity contribution is 0.0593. The number of hydrogen-bond acceptors (Lipinski definition) is 5. The molecule has 6 heteroatoms. The summed E-state index contributed by atoms with van der Waals surface area (Å²) in [4.78, 5) is 20.1. The van der Waals surface area contributed by atoms with Crippen molar-refractivity contribution in [3.05, 3.63) is 51.7 Å². The Morgan fingerprint density at radius 1 is 1.38 bits per heavy atom. The minimum atomic E-state index is -0.0412. The number of rotatable bonds is 6. The Balaban J connectivity index is 1.59. The zero-order valence-electron chi connectivity index (χ0n) is 17.3. The number of likely N-dealkylation sites (tertiary alicyclic amines) is 1. The molecule has 1 aliphatic heterocycles. The minimum absolute atomic E-state index is 0.0412. The van der Waals surface area contributed by atoms with E-state index in [0.29, 0.717) is 24.8 Å². The number of ether oxygens (including phenoxy) is 1. The topological polar surface area (TPSA) is 55.6 Å². The van der Waals surface area contributed by atoms with Gasteiger partial charge in [0.25, 0.3) is 5.91 Å². The second-order valence-corrected chi connectivity index (χ2v) is 8.78. The fourth-order valence-electron chi connectivity index (χ4n) is 3.84. The molecule has 154 valence electrons. The number of aryl methyl sites for hydroxylation is 1. The molecule has 1 fully saturated rings. The van der Waals surface area contributed by atoms with Gasteiger partial charge in [-0.05, 0) is 39.2 Å². The third-order valence-corrected chi connectivity index (χ3v) is 6.50. The summed E-state index contributed by atoms with van der Waals surface area (Å²) in [6.07, 6.45) is 3.09. The van der Waals surface area contributed by atoms with Gasteiger partial charge in [0.15, 0.2) is 5.76 Å². The summed E-state index contributed by atoms with van der Waals surface area (Å²) in [7, 11) is 0. The van der Waals surface area contributed by atoms with Crippen molar-refractivity contribution in [2.75, 3.05) is 13.1 Å². The molecule has 0 N–H and O–H groups in total. The molecule has 1 atom stereocenters. The predicted octanol–water partition coefficient (Wildman–Crippen LogP) is 5.40. The van der Waals surface area contributed by atoms with E-state index < -0.39 is 0 Å². The summed E-state index contributed by atoms with van der Waals surface area (Å²) in [5, 5.41) is 4.24. The van der Waals surface area contributed by atoms with E-state index in [1.54, 1.807) is 11.3 Å². The number of amides is 1. The highest BCUT2D eigenvalue weighted by Crippen LogP contribution is 2.32. The predicted molar refractivity (Wildman–Crippen MR) is 116 cm³/mol. The van der Waals surface area contributed by atoms with Crippen molar-refractivity contribution in [2.24, 2.45) is 0 Å². The number of furan rings is 1. The third-order valence-electron chi connectivity index (χ3n) is 5.44.